The number of esters is 1. The molecule has 0 unspecified atom stereocenters. The molecule has 1 N–H and O–H groups in total. The number of hydrogen-bond donors (Lipinski definition) is 1. The molecule has 6 heteroatoms. The Morgan fingerprint density at radius 1 is 1.73 bits per heavy atom. The largest absolute Gasteiger partial charge is 0.595 e. The second kappa shape index (κ2) is 13.5. The fourth-order valence-electron chi connectivity index (χ4n) is 0.230. The van der Waals surface area contributed by atoms with E-state index in [-0.39, 0.29) is 39.6 Å². The van der Waals surface area contributed by atoms with Crippen LogP contribution in [0, 0.1) is 13.1 Å². The topological polar surface area (TPSA) is 38.3 Å². The summed E-state index contributed by atoms with van der Waals surface area (Å²) in [6.45, 7) is 2.71. The molecule has 0 aliphatic heterocycles. The molecular formula is C5H8ClNO2VW-2. The van der Waals surface area contributed by atoms with E-state index in [2.05, 4.69) is 10.1 Å². The SMILES string of the molecule is COC(=O)[CH-]N[CH-]CCl.[V].[W]. The molecular weight excluding hydrogens is 376 g/mol. The molecule has 0 atom stereocenters. The first kappa shape index (κ1) is 17.8. The number of ether oxygens (including phenoxy) is 1. The summed E-state index contributed by atoms with van der Waals surface area (Å²) in [6.07, 6.45) is 0. The molecule has 0 heterocycles. The van der Waals surface area contributed by atoms with E-state index in [1.807, 2.05) is 0 Å². The van der Waals surface area contributed by atoms with Gasteiger partial charge >= 0.3 is 0 Å². The summed E-state index contributed by atoms with van der Waals surface area (Å²) >= 11 is 5.24. The van der Waals surface area contributed by atoms with E-state index in [0.29, 0.717) is 5.88 Å². The van der Waals surface area contributed by atoms with Crippen LogP contribution in [0.3, 0.4) is 0 Å². The molecule has 65 valence electrons. The summed E-state index contributed by atoms with van der Waals surface area (Å²) in [5.74, 6) is -0.0654. The fourth-order valence-corrected chi connectivity index (χ4v) is 0.320. The van der Waals surface area contributed by atoms with E-state index in [1.54, 1.807) is 0 Å². The molecule has 0 aromatic carbocycles. The average molecular weight is 384 g/mol. The van der Waals surface area contributed by atoms with Gasteiger partial charge in [-0.3, -0.25) is 17.9 Å². The van der Waals surface area contributed by atoms with Crippen molar-refractivity contribution < 1.29 is 49.2 Å². The summed E-state index contributed by atoms with van der Waals surface area (Å²) in [7, 11) is 1.31. The Balaban J connectivity index is -0.000000320. The van der Waals surface area contributed by atoms with Crippen LogP contribution >= 0.6 is 11.6 Å². The zero-order chi connectivity index (χ0) is 7.11. The normalized spacial score (nSPS) is 7.09. The van der Waals surface area contributed by atoms with Crippen LogP contribution in [0.25, 0.3) is 0 Å². The molecule has 3 nitrogen and oxygen atoms in total. The van der Waals surface area contributed by atoms with Crippen LogP contribution in [0.2, 0.25) is 0 Å². The number of halogens is 1. The molecule has 0 amide bonds. The van der Waals surface area contributed by atoms with E-state index in [0.717, 1.165) is 0 Å². The summed E-state index contributed by atoms with van der Waals surface area (Å²) in [5.41, 5.74) is 0. The molecule has 0 aliphatic carbocycles. The molecule has 0 aromatic heterocycles. The second-order valence-electron chi connectivity index (χ2n) is 1.19. The number of alkyl halides is 1. The third-order valence-electron chi connectivity index (χ3n) is 0.597. The number of nitrogens with one attached hydrogen (secondary N) is 1. The van der Waals surface area contributed by atoms with Crippen LogP contribution < -0.4 is 5.32 Å². The minimum atomic E-state index is -0.420. The van der Waals surface area contributed by atoms with Gasteiger partial charge in [-0.1, -0.05) is 5.88 Å². The van der Waals surface area contributed by atoms with Gasteiger partial charge in [-0.15, -0.1) is 0 Å². The van der Waals surface area contributed by atoms with Gasteiger partial charge in [0.05, 0.1) is 7.11 Å². The number of hydrogen-bond acceptors (Lipinski definition) is 3. The molecule has 0 aromatic rings. The number of methoxy groups -OCH3 is 1. The third kappa shape index (κ3) is 13.8. The van der Waals surface area contributed by atoms with E-state index < -0.39 is 5.97 Å². The molecule has 11 heavy (non-hydrogen) atoms. The van der Waals surface area contributed by atoms with Crippen molar-refractivity contribution in [1.82, 2.24) is 5.32 Å². The van der Waals surface area contributed by atoms with Crippen molar-refractivity contribution in [3.05, 3.63) is 13.1 Å². The minimum Gasteiger partial charge on any atom is -0.595 e. The maximum Gasteiger partial charge on any atom is 0.176 e. The van der Waals surface area contributed by atoms with E-state index >= 15 is 0 Å². The molecule has 0 aliphatic rings. The van der Waals surface area contributed by atoms with Crippen LogP contribution in [-0.2, 0) is 49.2 Å². The monoisotopic (exact) mass is 384 g/mol. The Hall–Kier alpha value is 0.863. The Kier molecular flexibility index (Phi) is 21.8. The summed E-state index contributed by atoms with van der Waals surface area (Å²) in [5, 5.41) is 2.53. The van der Waals surface area contributed by atoms with Crippen LogP contribution in [0.15, 0.2) is 0 Å². The zero-order valence-corrected chi connectivity index (χ0v) is 11.0. The molecule has 0 bridgehead atoms. The van der Waals surface area contributed by atoms with Crippen LogP contribution in [0.5, 0.6) is 0 Å². The van der Waals surface area contributed by atoms with Gasteiger partial charge in [0.25, 0.3) is 0 Å². The average Bonchev–Trinajstić information content (AvgIpc) is 1.89. The van der Waals surface area contributed by atoms with E-state index in [1.165, 1.54) is 20.2 Å². The molecule has 0 saturated carbocycles. The van der Waals surface area contributed by atoms with Crippen LogP contribution in [0.4, 0.5) is 0 Å². The zero-order valence-electron chi connectivity index (χ0n) is 5.91. The van der Waals surface area contributed by atoms with Gasteiger partial charge in [-0.05, 0) is 0 Å². The van der Waals surface area contributed by atoms with Crippen molar-refractivity contribution in [1.29, 1.82) is 0 Å². The Labute approximate surface area is 97.7 Å². The number of carbonyl (C=O) groups is 1. The van der Waals surface area contributed by atoms with Crippen LogP contribution in [0.1, 0.15) is 0 Å². The molecule has 0 fully saturated rings. The fraction of sp³-hybridized carbons (Fsp3) is 0.400. The number of rotatable bonds is 4. The summed E-state index contributed by atoms with van der Waals surface area (Å²) in [6, 6.07) is 0. The van der Waals surface area contributed by atoms with E-state index in [4.69, 9.17) is 11.6 Å². The third-order valence-corrected chi connectivity index (χ3v) is 0.752. The first-order valence-corrected chi connectivity index (χ1v) is 2.89. The summed E-state index contributed by atoms with van der Waals surface area (Å²) in [4.78, 5) is 10.3. The van der Waals surface area contributed by atoms with Gasteiger partial charge < -0.3 is 10.1 Å². The smallest absolute Gasteiger partial charge is 0.176 e. The minimum absolute atomic E-state index is 0. The van der Waals surface area contributed by atoms with Gasteiger partial charge in [0.15, 0.2) is 5.97 Å². The maximum absolute atomic E-state index is 10.3. The Morgan fingerprint density at radius 2 is 2.27 bits per heavy atom. The standard InChI is InChI=1S/C5H8ClNO2.V.W/c1-9-5(8)4-7-3-2-6;;/h3-4,7H,2H2,1H3;;/q-2;;. The molecule has 1 radical (unpaired) electrons. The van der Waals surface area contributed by atoms with Crippen molar-refractivity contribution in [2.45, 2.75) is 0 Å². The van der Waals surface area contributed by atoms with Crippen LogP contribution in [-0.4, -0.2) is 19.0 Å². The van der Waals surface area contributed by atoms with Gasteiger partial charge in [-0.25, -0.2) is 0 Å². The molecule has 0 spiro atoms. The van der Waals surface area contributed by atoms with Crippen molar-refractivity contribution in [3.63, 3.8) is 0 Å². The van der Waals surface area contributed by atoms with Crippen molar-refractivity contribution in [2.24, 2.45) is 0 Å². The van der Waals surface area contributed by atoms with Gasteiger partial charge in [0.1, 0.15) is 0 Å². The predicted octanol–water partition coefficient (Wildman–Crippen LogP) is 0.306. The second-order valence-corrected chi connectivity index (χ2v) is 1.50. The maximum atomic E-state index is 10.3. The van der Waals surface area contributed by atoms with Crippen molar-refractivity contribution >= 4 is 17.6 Å². The molecule has 0 saturated heterocycles. The predicted molar refractivity (Wildman–Crippen MR) is 34.5 cm³/mol. The number of carbonyl (C=O) groups excluding carboxylic acids is 1. The van der Waals surface area contributed by atoms with Gasteiger partial charge in [0, 0.05) is 39.6 Å². The quantitative estimate of drug-likeness (QED) is 0.328. The molecule has 0 rings (SSSR count). The van der Waals surface area contributed by atoms with Gasteiger partial charge in [0.2, 0.25) is 0 Å². The Morgan fingerprint density at radius 3 is 2.64 bits per heavy atom. The Bertz CT molecular complexity index is 96.6. The van der Waals surface area contributed by atoms with Crippen molar-refractivity contribution in [2.75, 3.05) is 13.0 Å². The van der Waals surface area contributed by atoms with E-state index in [9.17, 15) is 4.79 Å². The first-order valence-electron chi connectivity index (χ1n) is 2.36. The van der Waals surface area contributed by atoms with Crippen molar-refractivity contribution in [3.8, 4) is 0 Å². The summed E-state index contributed by atoms with van der Waals surface area (Å²) < 4.78 is 4.28. The van der Waals surface area contributed by atoms with Gasteiger partial charge in [-0.2, -0.15) is 11.6 Å². The first-order chi connectivity index (χ1) is 4.31.